The van der Waals surface area contributed by atoms with Gasteiger partial charge in [-0.05, 0) is 32.5 Å². The first-order valence-corrected chi connectivity index (χ1v) is 4.69. The monoisotopic (exact) mass is 195 g/mol. The first kappa shape index (κ1) is 10.1. The van der Waals surface area contributed by atoms with Crippen LogP contribution in [-0.2, 0) is 6.54 Å². The van der Waals surface area contributed by atoms with E-state index >= 15 is 0 Å². The zero-order valence-corrected chi connectivity index (χ0v) is 8.77. The summed E-state index contributed by atoms with van der Waals surface area (Å²) in [6, 6.07) is 0. The van der Waals surface area contributed by atoms with Gasteiger partial charge in [-0.25, -0.2) is 9.98 Å². The van der Waals surface area contributed by atoms with Crippen LogP contribution in [0.3, 0.4) is 0 Å². The molecule has 1 rings (SSSR count). The number of imidazole rings is 1. The molecular formula is C9H13N3S. The SMILES string of the molecule is Cc1cn(CCCN=C=S)c(C)n1. The van der Waals surface area contributed by atoms with E-state index in [1.807, 2.05) is 13.8 Å². The van der Waals surface area contributed by atoms with Crippen LogP contribution in [0.4, 0.5) is 0 Å². The Morgan fingerprint density at radius 1 is 1.62 bits per heavy atom. The minimum atomic E-state index is 0.750. The summed E-state index contributed by atoms with van der Waals surface area (Å²) in [7, 11) is 0. The molecule has 0 N–H and O–H groups in total. The smallest absolute Gasteiger partial charge is 0.105 e. The molecule has 0 atom stereocenters. The maximum absolute atomic E-state index is 4.48. The molecule has 0 unspecified atom stereocenters. The van der Waals surface area contributed by atoms with Crippen LogP contribution in [-0.4, -0.2) is 21.3 Å². The number of aryl methyl sites for hydroxylation is 3. The van der Waals surface area contributed by atoms with Gasteiger partial charge in [0, 0.05) is 12.7 Å². The number of aromatic nitrogens is 2. The van der Waals surface area contributed by atoms with Gasteiger partial charge in [-0.3, -0.25) is 0 Å². The Kier molecular flexibility index (Phi) is 3.80. The first-order valence-electron chi connectivity index (χ1n) is 4.28. The maximum atomic E-state index is 4.48. The predicted octanol–water partition coefficient (Wildman–Crippen LogP) is 1.99. The maximum Gasteiger partial charge on any atom is 0.105 e. The molecule has 0 aliphatic carbocycles. The fraction of sp³-hybridized carbons (Fsp3) is 0.556. The van der Waals surface area contributed by atoms with E-state index in [1.165, 1.54) is 0 Å². The van der Waals surface area contributed by atoms with Crippen molar-refractivity contribution in [1.29, 1.82) is 0 Å². The molecule has 13 heavy (non-hydrogen) atoms. The molecule has 0 fully saturated rings. The Morgan fingerprint density at radius 3 is 2.92 bits per heavy atom. The molecule has 4 heteroatoms. The average molecular weight is 195 g/mol. The van der Waals surface area contributed by atoms with E-state index in [2.05, 4.69) is 38.1 Å². The van der Waals surface area contributed by atoms with E-state index in [-0.39, 0.29) is 0 Å². The molecule has 0 amide bonds. The van der Waals surface area contributed by atoms with E-state index in [4.69, 9.17) is 0 Å². The summed E-state index contributed by atoms with van der Waals surface area (Å²) in [5.41, 5.74) is 1.07. The van der Waals surface area contributed by atoms with Crippen molar-refractivity contribution in [2.45, 2.75) is 26.8 Å². The lowest BCUT2D eigenvalue weighted by molar-refractivity contribution is 0.634. The molecule has 0 aliphatic rings. The summed E-state index contributed by atoms with van der Waals surface area (Å²) in [5.74, 6) is 1.06. The highest BCUT2D eigenvalue weighted by Gasteiger charge is 1.98. The van der Waals surface area contributed by atoms with E-state index in [1.54, 1.807) is 0 Å². The standard InChI is InChI=1S/C9H13N3S/c1-8-6-12(9(2)11-8)5-3-4-10-7-13/h6H,3-5H2,1-2H3. The second-order valence-electron chi connectivity index (χ2n) is 2.95. The number of nitrogens with zero attached hydrogens (tertiary/aromatic N) is 3. The lowest BCUT2D eigenvalue weighted by atomic mass is 10.4. The number of aliphatic imine (C=N–C) groups is 1. The Hall–Kier alpha value is -0.990. The molecule has 1 heterocycles. The Morgan fingerprint density at radius 2 is 2.38 bits per heavy atom. The summed E-state index contributed by atoms with van der Waals surface area (Å²) in [4.78, 5) is 8.16. The van der Waals surface area contributed by atoms with Crippen molar-refractivity contribution in [3.8, 4) is 0 Å². The lowest BCUT2D eigenvalue weighted by Crippen LogP contribution is -2.00. The molecule has 0 bridgehead atoms. The van der Waals surface area contributed by atoms with Gasteiger partial charge < -0.3 is 4.57 Å². The van der Waals surface area contributed by atoms with Crippen molar-refractivity contribution in [2.75, 3.05) is 6.54 Å². The first-order chi connectivity index (χ1) is 6.24. The lowest BCUT2D eigenvalue weighted by Gasteiger charge is -2.01. The van der Waals surface area contributed by atoms with Crippen molar-refractivity contribution in [1.82, 2.24) is 9.55 Å². The van der Waals surface area contributed by atoms with E-state index in [0.717, 1.165) is 31.0 Å². The summed E-state index contributed by atoms with van der Waals surface area (Å²) in [5, 5.41) is 2.36. The topological polar surface area (TPSA) is 30.2 Å². The fourth-order valence-corrected chi connectivity index (χ4v) is 1.35. The number of isothiocyanates is 1. The van der Waals surface area contributed by atoms with Crippen LogP contribution in [0.5, 0.6) is 0 Å². The minimum absolute atomic E-state index is 0.750. The van der Waals surface area contributed by atoms with Gasteiger partial charge in [0.2, 0.25) is 0 Å². The zero-order valence-electron chi connectivity index (χ0n) is 7.95. The van der Waals surface area contributed by atoms with E-state index < -0.39 is 0 Å². The summed E-state index contributed by atoms with van der Waals surface area (Å²) in [6.07, 6.45) is 3.04. The van der Waals surface area contributed by atoms with E-state index in [0.29, 0.717) is 0 Å². The highest BCUT2D eigenvalue weighted by Crippen LogP contribution is 2.01. The largest absolute Gasteiger partial charge is 0.335 e. The van der Waals surface area contributed by atoms with Crippen molar-refractivity contribution < 1.29 is 0 Å². The quantitative estimate of drug-likeness (QED) is 0.418. The molecule has 0 spiro atoms. The van der Waals surface area contributed by atoms with Crippen molar-refractivity contribution >= 4 is 17.4 Å². The molecule has 0 saturated heterocycles. The van der Waals surface area contributed by atoms with Gasteiger partial charge in [0.05, 0.1) is 17.4 Å². The summed E-state index contributed by atoms with van der Waals surface area (Å²) < 4.78 is 2.13. The molecule has 1 aromatic heterocycles. The van der Waals surface area contributed by atoms with Crippen molar-refractivity contribution in [3.63, 3.8) is 0 Å². The van der Waals surface area contributed by atoms with Crippen LogP contribution in [0, 0.1) is 13.8 Å². The Bertz CT molecular complexity index is 324. The van der Waals surface area contributed by atoms with Crippen LogP contribution in [0.15, 0.2) is 11.2 Å². The van der Waals surface area contributed by atoms with Crippen LogP contribution >= 0.6 is 12.2 Å². The predicted molar refractivity (Wildman–Crippen MR) is 56.2 cm³/mol. The van der Waals surface area contributed by atoms with E-state index in [9.17, 15) is 0 Å². The molecule has 70 valence electrons. The average Bonchev–Trinajstić information content (AvgIpc) is 2.39. The third-order valence-corrected chi connectivity index (χ3v) is 1.96. The van der Waals surface area contributed by atoms with Crippen LogP contribution in [0.25, 0.3) is 0 Å². The summed E-state index contributed by atoms with van der Waals surface area (Å²) >= 11 is 4.48. The molecule has 0 aliphatic heterocycles. The number of hydrogen-bond donors (Lipinski definition) is 0. The van der Waals surface area contributed by atoms with Crippen LogP contribution < -0.4 is 0 Å². The highest BCUT2D eigenvalue weighted by atomic mass is 32.1. The highest BCUT2D eigenvalue weighted by molar-refractivity contribution is 7.78. The Balaban J connectivity index is 2.44. The van der Waals surface area contributed by atoms with Gasteiger partial charge in [-0.2, -0.15) is 0 Å². The van der Waals surface area contributed by atoms with Crippen LogP contribution in [0.2, 0.25) is 0 Å². The molecule has 3 nitrogen and oxygen atoms in total. The molecule has 0 aromatic carbocycles. The zero-order chi connectivity index (χ0) is 9.68. The van der Waals surface area contributed by atoms with Gasteiger partial charge in [0.25, 0.3) is 0 Å². The third-order valence-electron chi connectivity index (χ3n) is 1.83. The number of hydrogen-bond acceptors (Lipinski definition) is 3. The number of rotatable bonds is 4. The molecule has 0 saturated carbocycles. The van der Waals surface area contributed by atoms with Gasteiger partial charge in [-0.15, -0.1) is 0 Å². The second-order valence-corrected chi connectivity index (χ2v) is 3.13. The van der Waals surface area contributed by atoms with Crippen molar-refractivity contribution in [3.05, 3.63) is 17.7 Å². The number of thiocarbonyl (C=S) groups is 1. The fourth-order valence-electron chi connectivity index (χ4n) is 1.26. The van der Waals surface area contributed by atoms with Crippen LogP contribution in [0.1, 0.15) is 17.9 Å². The molecule has 0 radical (unpaired) electrons. The van der Waals surface area contributed by atoms with Gasteiger partial charge in [-0.1, -0.05) is 0 Å². The Labute approximate surface area is 83.5 Å². The molecule has 1 aromatic rings. The van der Waals surface area contributed by atoms with Gasteiger partial charge in [0.1, 0.15) is 5.82 Å². The normalized spacial score (nSPS) is 9.69. The summed E-state index contributed by atoms with van der Waals surface area (Å²) in [6.45, 7) is 5.71. The second kappa shape index (κ2) is 4.90. The minimum Gasteiger partial charge on any atom is -0.335 e. The molecular weight excluding hydrogens is 182 g/mol. The van der Waals surface area contributed by atoms with Crippen molar-refractivity contribution in [2.24, 2.45) is 4.99 Å². The van der Waals surface area contributed by atoms with Gasteiger partial charge >= 0.3 is 0 Å². The van der Waals surface area contributed by atoms with Gasteiger partial charge in [0.15, 0.2) is 0 Å². The third kappa shape index (κ3) is 3.09.